The molecule has 302 valence electrons. The van der Waals surface area contributed by atoms with Crippen molar-refractivity contribution in [2.24, 2.45) is 0 Å². The van der Waals surface area contributed by atoms with E-state index in [-0.39, 0.29) is 24.8 Å². The van der Waals surface area contributed by atoms with Gasteiger partial charge >= 0.3 is 6.03 Å². The first-order chi connectivity index (χ1) is 27.5. The number of benzene rings is 4. The Bertz CT molecular complexity index is 1630. The van der Waals surface area contributed by atoms with Gasteiger partial charge in [0, 0.05) is 30.8 Å². The predicted molar refractivity (Wildman–Crippen MR) is 227 cm³/mol. The standard InChI is InChI=1S/C48H65N3O5/c1-3-5-7-9-11-16-32-51(33-17-12-10-8-6-4-2)36-45-34-46(40-24-22-39(37-52)23-25-40)56-47(55-45)41-26-20-38(21-27-41)35-49-48(53)50-42-28-30-44(31-29-42)54-43-18-14-13-15-19-43/h13-15,18-31,45-47,52H,3-12,16-17,32-37H2,1-2H3,(H2,49,50,53)/t45-,46+,47+/m1/s1. The van der Waals surface area contributed by atoms with Crippen molar-refractivity contribution in [3.8, 4) is 11.5 Å². The van der Waals surface area contributed by atoms with E-state index in [0.29, 0.717) is 18.0 Å². The molecule has 4 aromatic rings. The molecule has 5 rings (SSSR count). The molecule has 3 atom stereocenters. The monoisotopic (exact) mass is 763 g/mol. The van der Waals surface area contributed by atoms with Gasteiger partial charge in [0.1, 0.15) is 11.5 Å². The lowest BCUT2D eigenvalue weighted by Crippen LogP contribution is -2.40. The zero-order chi connectivity index (χ0) is 39.2. The quantitative estimate of drug-likeness (QED) is 0.0616. The van der Waals surface area contributed by atoms with E-state index in [2.05, 4.69) is 41.5 Å². The van der Waals surface area contributed by atoms with Crippen LogP contribution in [-0.4, -0.2) is 41.8 Å². The molecule has 0 saturated carbocycles. The van der Waals surface area contributed by atoms with E-state index >= 15 is 0 Å². The summed E-state index contributed by atoms with van der Waals surface area (Å²) in [7, 11) is 0. The number of carbonyl (C=O) groups is 1. The summed E-state index contributed by atoms with van der Waals surface area (Å²) < 4.78 is 19.3. The largest absolute Gasteiger partial charge is 0.457 e. The number of aliphatic hydroxyl groups excluding tert-OH is 1. The molecule has 1 heterocycles. The minimum Gasteiger partial charge on any atom is -0.457 e. The van der Waals surface area contributed by atoms with Gasteiger partial charge in [-0.1, -0.05) is 145 Å². The highest BCUT2D eigenvalue weighted by Gasteiger charge is 2.33. The molecular formula is C48H65N3O5. The third-order valence-corrected chi connectivity index (χ3v) is 10.5. The van der Waals surface area contributed by atoms with Crippen molar-refractivity contribution in [2.45, 2.75) is 129 Å². The fraction of sp³-hybridized carbons (Fsp3) is 0.479. The number of ether oxygens (including phenoxy) is 3. The Labute approximate surface area is 336 Å². The summed E-state index contributed by atoms with van der Waals surface area (Å²) >= 11 is 0. The number of urea groups is 1. The van der Waals surface area contributed by atoms with Gasteiger partial charge < -0.3 is 34.9 Å². The summed E-state index contributed by atoms with van der Waals surface area (Å²) in [5.74, 6) is 1.46. The minimum atomic E-state index is -0.514. The number of anilines is 1. The predicted octanol–water partition coefficient (Wildman–Crippen LogP) is 11.9. The highest BCUT2D eigenvalue weighted by Crippen LogP contribution is 2.38. The summed E-state index contributed by atoms with van der Waals surface area (Å²) in [6.07, 6.45) is 15.7. The van der Waals surface area contributed by atoms with E-state index in [9.17, 15) is 9.90 Å². The molecule has 1 aliphatic heterocycles. The Hall–Kier alpha value is -4.21. The summed E-state index contributed by atoms with van der Waals surface area (Å²) in [6, 6.07) is 32.9. The molecule has 0 unspecified atom stereocenters. The normalized spacial score (nSPS) is 16.8. The van der Waals surface area contributed by atoms with Crippen LogP contribution in [0.4, 0.5) is 10.5 Å². The molecule has 8 nitrogen and oxygen atoms in total. The molecule has 2 amide bonds. The Morgan fingerprint density at radius 2 is 1.25 bits per heavy atom. The van der Waals surface area contributed by atoms with E-state index in [1.165, 1.54) is 77.0 Å². The van der Waals surface area contributed by atoms with E-state index < -0.39 is 6.29 Å². The lowest BCUT2D eigenvalue weighted by atomic mass is 9.99. The fourth-order valence-electron chi connectivity index (χ4n) is 7.23. The minimum absolute atomic E-state index is 0.0143. The second-order valence-corrected chi connectivity index (χ2v) is 15.2. The van der Waals surface area contributed by atoms with Crippen LogP contribution < -0.4 is 15.4 Å². The molecule has 0 radical (unpaired) electrons. The Morgan fingerprint density at radius 1 is 0.679 bits per heavy atom. The Kier molecular flexibility index (Phi) is 18.7. The van der Waals surface area contributed by atoms with Gasteiger partial charge in [-0.25, -0.2) is 4.79 Å². The van der Waals surface area contributed by atoms with Crippen LogP contribution in [0.25, 0.3) is 0 Å². The number of carbonyl (C=O) groups excluding carboxylic acids is 1. The Morgan fingerprint density at radius 3 is 1.88 bits per heavy atom. The van der Waals surface area contributed by atoms with Crippen molar-refractivity contribution < 1.29 is 24.1 Å². The average Bonchev–Trinajstić information content (AvgIpc) is 3.23. The van der Waals surface area contributed by atoms with Crippen LogP contribution in [0, 0.1) is 0 Å². The molecule has 0 aromatic heterocycles. The van der Waals surface area contributed by atoms with Crippen LogP contribution in [-0.2, 0) is 22.6 Å². The molecule has 1 fully saturated rings. The second-order valence-electron chi connectivity index (χ2n) is 15.2. The van der Waals surface area contributed by atoms with Crippen molar-refractivity contribution in [1.29, 1.82) is 0 Å². The summed E-state index contributed by atoms with van der Waals surface area (Å²) in [5, 5.41) is 15.5. The van der Waals surface area contributed by atoms with Crippen LogP contribution in [0.15, 0.2) is 103 Å². The summed E-state index contributed by atoms with van der Waals surface area (Å²) in [4.78, 5) is 15.4. The molecule has 1 saturated heterocycles. The maximum Gasteiger partial charge on any atom is 0.319 e. The smallest absolute Gasteiger partial charge is 0.319 e. The molecule has 3 N–H and O–H groups in total. The van der Waals surface area contributed by atoms with Crippen molar-refractivity contribution in [2.75, 3.05) is 25.0 Å². The van der Waals surface area contributed by atoms with E-state index in [1.807, 2.05) is 91.0 Å². The summed E-state index contributed by atoms with van der Waals surface area (Å²) in [6.45, 7) is 8.03. The third-order valence-electron chi connectivity index (χ3n) is 10.5. The Balaban J connectivity index is 1.18. The number of nitrogens with one attached hydrogen (secondary N) is 2. The van der Waals surface area contributed by atoms with Crippen LogP contribution >= 0.6 is 0 Å². The first kappa shape index (κ1) is 42.9. The van der Waals surface area contributed by atoms with Gasteiger partial charge in [-0.2, -0.15) is 0 Å². The number of hydrogen-bond donors (Lipinski definition) is 3. The molecule has 0 spiro atoms. The fourth-order valence-corrected chi connectivity index (χ4v) is 7.23. The average molecular weight is 764 g/mol. The van der Waals surface area contributed by atoms with E-state index in [4.69, 9.17) is 14.2 Å². The van der Waals surface area contributed by atoms with Gasteiger partial charge in [0.25, 0.3) is 0 Å². The zero-order valence-electron chi connectivity index (χ0n) is 33.8. The van der Waals surface area contributed by atoms with E-state index in [1.54, 1.807) is 0 Å². The molecule has 1 aliphatic rings. The zero-order valence-corrected chi connectivity index (χ0v) is 33.8. The second kappa shape index (κ2) is 24.4. The van der Waals surface area contributed by atoms with Gasteiger partial charge in [-0.15, -0.1) is 0 Å². The highest BCUT2D eigenvalue weighted by molar-refractivity contribution is 5.89. The molecular weight excluding hydrogens is 699 g/mol. The topological polar surface area (TPSA) is 92.3 Å². The molecule has 56 heavy (non-hydrogen) atoms. The van der Waals surface area contributed by atoms with Crippen molar-refractivity contribution in [3.05, 3.63) is 125 Å². The SMILES string of the molecule is CCCCCCCCN(CCCCCCCC)C[C@H]1C[C@@H](c2ccc(CO)cc2)O[C@@H](c2ccc(CNC(=O)Nc3ccc(Oc4ccccc4)cc3)cc2)O1. The van der Waals surface area contributed by atoms with Crippen LogP contribution in [0.1, 0.15) is 132 Å². The van der Waals surface area contributed by atoms with Crippen LogP contribution in [0.5, 0.6) is 11.5 Å². The number of hydrogen-bond acceptors (Lipinski definition) is 6. The van der Waals surface area contributed by atoms with Crippen LogP contribution in [0.3, 0.4) is 0 Å². The maximum absolute atomic E-state index is 12.7. The molecule has 0 bridgehead atoms. The lowest BCUT2D eigenvalue weighted by molar-refractivity contribution is -0.253. The molecule has 8 heteroatoms. The highest BCUT2D eigenvalue weighted by atomic mass is 16.7. The van der Waals surface area contributed by atoms with Gasteiger partial charge in [-0.3, -0.25) is 0 Å². The molecule has 0 aliphatic carbocycles. The lowest BCUT2D eigenvalue weighted by Gasteiger charge is -2.38. The van der Waals surface area contributed by atoms with Crippen molar-refractivity contribution in [1.82, 2.24) is 10.2 Å². The van der Waals surface area contributed by atoms with Crippen molar-refractivity contribution >= 4 is 11.7 Å². The van der Waals surface area contributed by atoms with E-state index in [0.717, 1.165) is 54.1 Å². The van der Waals surface area contributed by atoms with Gasteiger partial charge in [0.2, 0.25) is 0 Å². The molecule has 4 aromatic carbocycles. The van der Waals surface area contributed by atoms with Crippen LogP contribution in [0.2, 0.25) is 0 Å². The number of para-hydroxylation sites is 1. The number of amides is 2. The van der Waals surface area contributed by atoms with Gasteiger partial charge in [0.15, 0.2) is 6.29 Å². The van der Waals surface area contributed by atoms with Gasteiger partial charge in [-0.05, 0) is 79.0 Å². The maximum atomic E-state index is 12.7. The summed E-state index contributed by atoms with van der Waals surface area (Å²) in [5.41, 5.74) is 4.60. The first-order valence-electron chi connectivity index (χ1n) is 21.2. The number of unbranched alkanes of at least 4 members (excludes halogenated alkanes) is 10. The number of rotatable bonds is 24. The third kappa shape index (κ3) is 15.0. The number of nitrogens with zero attached hydrogens (tertiary/aromatic N) is 1. The van der Waals surface area contributed by atoms with Crippen molar-refractivity contribution in [3.63, 3.8) is 0 Å². The number of aliphatic hydroxyl groups is 1. The first-order valence-corrected chi connectivity index (χ1v) is 21.2. The van der Waals surface area contributed by atoms with Gasteiger partial charge in [0.05, 0.1) is 18.8 Å².